The van der Waals surface area contributed by atoms with E-state index in [-0.39, 0.29) is 29.8 Å². The first-order valence-corrected chi connectivity index (χ1v) is 10.5. The molecule has 0 heterocycles. The van der Waals surface area contributed by atoms with Crippen molar-refractivity contribution >= 4 is 28.9 Å². The maximum absolute atomic E-state index is 12.9. The molecule has 2 amide bonds. The van der Waals surface area contributed by atoms with Crippen LogP contribution in [0.4, 0.5) is 30.2 Å². The number of carbonyl (C=O) groups excluding carboxylic acids is 2. The lowest BCUT2D eigenvalue weighted by molar-refractivity contribution is -0.137. The Balaban J connectivity index is 1.56. The summed E-state index contributed by atoms with van der Waals surface area (Å²) in [6.07, 6.45) is -4.46. The average molecular weight is 471 g/mol. The van der Waals surface area contributed by atoms with Crippen molar-refractivity contribution < 1.29 is 27.5 Å². The molecule has 0 saturated heterocycles. The Kier molecular flexibility index (Phi) is 7.78. The van der Waals surface area contributed by atoms with E-state index in [1.807, 2.05) is 13.8 Å². The van der Waals surface area contributed by atoms with E-state index in [0.29, 0.717) is 17.1 Å². The highest BCUT2D eigenvalue weighted by molar-refractivity contribution is 6.05. The third kappa shape index (κ3) is 7.26. The van der Waals surface area contributed by atoms with Gasteiger partial charge < -0.3 is 20.7 Å². The highest BCUT2D eigenvalue weighted by Gasteiger charge is 2.30. The lowest BCUT2D eigenvalue weighted by Gasteiger charge is -2.12. The lowest BCUT2D eigenvalue weighted by atomic mass is 10.1. The highest BCUT2D eigenvalue weighted by atomic mass is 19.4. The molecule has 0 spiro atoms. The van der Waals surface area contributed by atoms with Gasteiger partial charge in [-0.05, 0) is 74.5 Å². The van der Waals surface area contributed by atoms with Crippen LogP contribution < -0.4 is 20.7 Å². The smallest absolute Gasteiger partial charge is 0.416 e. The van der Waals surface area contributed by atoms with Crippen molar-refractivity contribution in [1.29, 1.82) is 0 Å². The molecule has 9 heteroatoms. The quantitative estimate of drug-likeness (QED) is 0.388. The topological polar surface area (TPSA) is 79.5 Å². The van der Waals surface area contributed by atoms with Crippen molar-refractivity contribution in [3.05, 3.63) is 83.9 Å². The van der Waals surface area contributed by atoms with E-state index in [4.69, 9.17) is 4.74 Å². The Morgan fingerprint density at radius 1 is 0.853 bits per heavy atom. The number of carbonyl (C=O) groups is 2. The number of alkyl halides is 3. The number of hydrogen-bond acceptors (Lipinski definition) is 4. The lowest BCUT2D eigenvalue weighted by Crippen LogP contribution is -2.22. The van der Waals surface area contributed by atoms with Gasteiger partial charge >= 0.3 is 6.18 Å². The van der Waals surface area contributed by atoms with E-state index in [1.165, 1.54) is 24.3 Å². The van der Waals surface area contributed by atoms with E-state index in [0.717, 1.165) is 12.1 Å². The fourth-order valence-electron chi connectivity index (χ4n) is 3.02. The zero-order valence-corrected chi connectivity index (χ0v) is 18.6. The molecule has 0 atom stereocenters. The molecule has 0 aromatic heterocycles. The monoisotopic (exact) mass is 471 g/mol. The average Bonchev–Trinajstić information content (AvgIpc) is 2.78. The second kappa shape index (κ2) is 10.7. The van der Waals surface area contributed by atoms with Crippen LogP contribution in [0.25, 0.3) is 0 Å². The fraction of sp³-hybridized carbons (Fsp3) is 0.200. The number of amides is 2. The van der Waals surface area contributed by atoms with Crippen LogP contribution in [0.5, 0.6) is 5.75 Å². The molecule has 0 aliphatic rings. The van der Waals surface area contributed by atoms with Crippen molar-refractivity contribution in [3.8, 4) is 5.75 Å². The van der Waals surface area contributed by atoms with Gasteiger partial charge in [-0.2, -0.15) is 13.2 Å². The first-order valence-electron chi connectivity index (χ1n) is 10.5. The third-order valence-electron chi connectivity index (χ3n) is 4.54. The summed E-state index contributed by atoms with van der Waals surface area (Å²) in [7, 11) is 0. The second-order valence-corrected chi connectivity index (χ2v) is 7.71. The van der Waals surface area contributed by atoms with Crippen LogP contribution in [0.1, 0.15) is 29.8 Å². The first-order chi connectivity index (χ1) is 16.1. The van der Waals surface area contributed by atoms with Crippen LogP contribution in [-0.2, 0) is 11.0 Å². The maximum atomic E-state index is 12.9. The summed E-state index contributed by atoms with van der Waals surface area (Å²) >= 11 is 0. The predicted octanol–water partition coefficient (Wildman–Crippen LogP) is 5.80. The van der Waals surface area contributed by atoms with Crippen LogP contribution in [0.15, 0.2) is 72.8 Å². The van der Waals surface area contributed by atoms with Gasteiger partial charge in [0.1, 0.15) is 5.75 Å². The predicted molar refractivity (Wildman–Crippen MR) is 125 cm³/mol. The summed E-state index contributed by atoms with van der Waals surface area (Å²) in [6.45, 7) is 3.79. The van der Waals surface area contributed by atoms with Crippen molar-refractivity contribution in [2.75, 3.05) is 22.5 Å². The molecule has 0 aliphatic heterocycles. The first kappa shape index (κ1) is 24.6. The van der Waals surface area contributed by atoms with Crippen LogP contribution >= 0.6 is 0 Å². The molecule has 0 bridgehead atoms. The summed E-state index contributed by atoms with van der Waals surface area (Å²) in [6, 6.07) is 17.7. The minimum atomic E-state index is -4.50. The molecule has 0 saturated carbocycles. The molecule has 0 radical (unpaired) electrons. The van der Waals surface area contributed by atoms with Gasteiger partial charge in [0.25, 0.3) is 5.91 Å². The number of halogens is 3. The number of ether oxygens (including phenoxy) is 1. The Morgan fingerprint density at radius 3 is 2.21 bits per heavy atom. The van der Waals surface area contributed by atoms with Gasteiger partial charge in [-0.15, -0.1) is 0 Å². The van der Waals surface area contributed by atoms with Crippen LogP contribution in [0.2, 0.25) is 0 Å². The van der Waals surface area contributed by atoms with Crippen molar-refractivity contribution in [2.24, 2.45) is 0 Å². The highest BCUT2D eigenvalue weighted by Crippen LogP contribution is 2.30. The largest absolute Gasteiger partial charge is 0.491 e. The van der Waals surface area contributed by atoms with Crippen molar-refractivity contribution in [3.63, 3.8) is 0 Å². The van der Waals surface area contributed by atoms with E-state index in [9.17, 15) is 22.8 Å². The van der Waals surface area contributed by atoms with Gasteiger partial charge in [-0.25, -0.2) is 0 Å². The molecule has 3 aromatic rings. The molecule has 3 rings (SSSR count). The Bertz CT molecular complexity index is 1150. The standard InChI is InChI=1S/C25H24F3N3O3/c1-16(2)34-22-11-9-19(10-12-22)30-23(32)15-29-20-7-3-5-17(13-20)24(33)31-21-8-4-6-18(14-21)25(26,27)28/h3-14,16,29H,15H2,1-2H3,(H,30,32)(H,31,33). The second-order valence-electron chi connectivity index (χ2n) is 7.71. The Labute approximate surface area is 195 Å². The van der Waals surface area contributed by atoms with Gasteiger partial charge in [0.05, 0.1) is 18.2 Å². The Morgan fingerprint density at radius 2 is 1.53 bits per heavy atom. The minimum Gasteiger partial charge on any atom is -0.491 e. The van der Waals surface area contributed by atoms with Crippen molar-refractivity contribution in [1.82, 2.24) is 0 Å². The number of nitrogens with one attached hydrogen (secondary N) is 3. The third-order valence-corrected chi connectivity index (χ3v) is 4.54. The normalized spacial score (nSPS) is 11.1. The maximum Gasteiger partial charge on any atom is 0.416 e. The molecule has 3 aromatic carbocycles. The molecule has 0 unspecified atom stereocenters. The molecular weight excluding hydrogens is 447 g/mol. The van der Waals surface area contributed by atoms with Gasteiger partial charge in [0.15, 0.2) is 0 Å². The van der Waals surface area contributed by atoms with E-state index in [2.05, 4.69) is 16.0 Å². The van der Waals surface area contributed by atoms with Crippen LogP contribution in [0, 0.1) is 0 Å². The van der Waals surface area contributed by atoms with E-state index < -0.39 is 17.6 Å². The molecule has 3 N–H and O–H groups in total. The number of rotatable bonds is 8. The summed E-state index contributed by atoms with van der Waals surface area (Å²) < 4.78 is 44.2. The molecule has 34 heavy (non-hydrogen) atoms. The zero-order valence-electron chi connectivity index (χ0n) is 18.6. The molecule has 178 valence electrons. The van der Waals surface area contributed by atoms with E-state index >= 15 is 0 Å². The summed E-state index contributed by atoms with van der Waals surface area (Å²) in [5.41, 5.74) is 0.518. The van der Waals surface area contributed by atoms with E-state index in [1.54, 1.807) is 36.4 Å². The van der Waals surface area contributed by atoms with Gasteiger partial charge in [-0.1, -0.05) is 12.1 Å². The number of anilines is 3. The van der Waals surface area contributed by atoms with Crippen LogP contribution in [0.3, 0.4) is 0 Å². The van der Waals surface area contributed by atoms with Crippen LogP contribution in [-0.4, -0.2) is 24.5 Å². The summed E-state index contributed by atoms with van der Waals surface area (Å²) in [5.74, 6) is -0.168. The molecule has 0 aliphatic carbocycles. The number of hydrogen-bond donors (Lipinski definition) is 3. The minimum absolute atomic E-state index is 0.0300. The molecule has 6 nitrogen and oxygen atoms in total. The summed E-state index contributed by atoms with van der Waals surface area (Å²) in [5, 5.41) is 8.13. The van der Waals surface area contributed by atoms with Gasteiger partial charge in [0, 0.05) is 22.6 Å². The molecular formula is C25H24F3N3O3. The number of benzene rings is 3. The van der Waals surface area contributed by atoms with Crippen molar-refractivity contribution in [2.45, 2.75) is 26.1 Å². The summed E-state index contributed by atoms with van der Waals surface area (Å²) in [4.78, 5) is 24.7. The Hall–Kier alpha value is -4.01. The zero-order chi connectivity index (χ0) is 24.7. The van der Waals surface area contributed by atoms with Gasteiger partial charge in [-0.3, -0.25) is 9.59 Å². The van der Waals surface area contributed by atoms with Gasteiger partial charge in [0.2, 0.25) is 5.91 Å². The fourth-order valence-corrected chi connectivity index (χ4v) is 3.02. The SMILES string of the molecule is CC(C)Oc1ccc(NC(=O)CNc2cccc(C(=O)Nc3cccc(C(F)(F)F)c3)c2)cc1. The molecule has 0 fully saturated rings.